The maximum Gasteiger partial charge on any atom is 0.339 e. The molecule has 2 aliphatic heterocycles. The van der Waals surface area contributed by atoms with Gasteiger partial charge in [-0.05, 0) is 30.4 Å². The first kappa shape index (κ1) is 14.2. The summed E-state index contributed by atoms with van der Waals surface area (Å²) in [6.07, 6.45) is 4.48. The van der Waals surface area contributed by atoms with Crippen LogP contribution in [0.2, 0.25) is 0 Å². The summed E-state index contributed by atoms with van der Waals surface area (Å²) < 4.78 is 12.0. The highest BCUT2D eigenvalue weighted by Gasteiger charge is 2.58. The number of aliphatic hydroxyl groups excluding tert-OH is 1. The number of hydrogen-bond acceptors (Lipinski definition) is 5. The minimum absolute atomic E-state index is 0.0597. The molecular weight excluding hydrogens is 320 g/mol. The topological polar surface area (TPSA) is 76.0 Å². The van der Waals surface area contributed by atoms with Crippen LogP contribution in [0.4, 0.5) is 0 Å². The summed E-state index contributed by atoms with van der Waals surface area (Å²) in [6, 6.07) is 12.1. The van der Waals surface area contributed by atoms with Crippen molar-refractivity contribution in [1.29, 1.82) is 0 Å². The van der Waals surface area contributed by atoms with Crippen molar-refractivity contribution in [3.05, 3.63) is 83.1 Å². The Balaban J connectivity index is 1.84. The van der Waals surface area contributed by atoms with E-state index in [0.717, 1.165) is 5.56 Å². The molecule has 124 valence electrons. The van der Waals surface area contributed by atoms with Crippen LogP contribution in [0.25, 0.3) is 0 Å². The number of allylic oxidation sites excluding steroid dienone is 1. The molecule has 5 heteroatoms. The van der Waals surface area contributed by atoms with Crippen molar-refractivity contribution in [2.24, 2.45) is 5.92 Å². The van der Waals surface area contributed by atoms with Crippen molar-refractivity contribution >= 4 is 5.97 Å². The molecular formula is C20H14O5. The fourth-order valence-electron chi connectivity index (χ4n) is 4.04. The van der Waals surface area contributed by atoms with Crippen molar-refractivity contribution in [3.8, 4) is 11.5 Å². The first-order chi connectivity index (χ1) is 12.1. The predicted octanol–water partition coefficient (Wildman–Crippen LogP) is 3.20. The molecule has 2 aromatic carbocycles. The van der Waals surface area contributed by atoms with Gasteiger partial charge in [0.1, 0.15) is 23.4 Å². The quantitative estimate of drug-likeness (QED) is 0.724. The van der Waals surface area contributed by atoms with Crippen LogP contribution in [0.3, 0.4) is 0 Å². The molecule has 3 aliphatic rings. The van der Waals surface area contributed by atoms with Crippen LogP contribution >= 0.6 is 0 Å². The Morgan fingerprint density at radius 3 is 2.76 bits per heavy atom. The molecule has 25 heavy (non-hydrogen) atoms. The maximum atomic E-state index is 12.6. The van der Waals surface area contributed by atoms with Gasteiger partial charge in [0.05, 0.1) is 11.5 Å². The number of aromatic hydroxyl groups is 1. The number of phenolic OH excluding ortho intramolecular Hbond substituents is 1. The van der Waals surface area contributed by atoms with Crippen LogP contribution in [0.5, 0.6) is 11.5 Å². The lowest BCUT2D eigenvalue weighted by atomic mass is 9.70. The lowest BCUT2D eigenvalue weighted by Gasteiger charge is -2.44. The van der Waals surface area contributed by atoms with Crippen LogP contribution in [-0.4, -0.2) is 22.3 Å². The first-order valence-electron chi connectivity index (χ1n) is 8.01. The monoisotopic (exact) mass is 334 g/mol. The molecule has 0 saturated carbocycles. The van der Waals surface area contributed by atoms with E-state index in [0.29, 0.717) is 16.9 Å². The van der Waals surface area contributed by atoms with Crippen molar-refractivity contribution in [3.63, 3.8) is 0 Å². The van der Waals surface area contributed by atoms with E-state index in [1.165, 1.54) is 6.07 Å². The molecule has 3 atom stereocenters. The second kappa shape index (κ2) is 4.66. The standard InChI is InChI=1S/C20H14O5/c21-11-5-7-15-17(9-11)24-18-10-12(22)6-8-16(18)20(15)14-4-2-1-3-13(14)19(23)25-20/h1-10,15,17,21-22H/t15-,17-,20-/m1/s1. The van der Waals surface area contributed by atoms with Gasteiger partial charge in [0.15, 0.2) is 5.60 Å². The average Bonchev–Trinajstić information content (AvgIpc) is 2.88. The highest BCUT2D eigenvalue weighted by Crippen LogP contribution is 2.55. The molecule has 0 unspecified atom stereocenters. The minimum Gasteiger partial charge on any atom is -0.508 e. The van der Waals surface area contributed by atoms with Crippen LogP contribution in [-0.2, 0) is 10.3 Å². The highest BCUT2D eigenvalue weighted by molar-refractivity contribution is 5.96. The summed E-state index contributed by atoms with van der Waals surface area (Å²) in [6.45, 7) is 0. The normalized spacial score (nSPS) is 28.5. The Morgan fingerprint density at radius 1 is 1.04 bits per heavy atom. The maximum absolute atomic E-state index is 12.6. The van der Waals surface area contributed by atoms with Gasteiger partial charge in [-0.25, -0.2) is 4.79 Å². The highest BCUT2D eigenvalue weighted by atomic mass is 16.6. The minimum atomic E-state index is -1.05. The Labute approximate surface area is 143 Å². The van der Waals surface area contributed by atoms with E-state index < -0.39 is 11.7 Å². The zero-order valence-corrected chi connectivity index (χ0v) is 13.0. The van der Waals surface area contributed by atoms with E-state index in [9.17, 15) is 15.0 Å². The molecule has 5 rings (SSSR count). The third kappa shape index (κ3) is 1.75. The van der Waals surface area contributed by atoms with Crippen LogP contribution in [0.15, 0.2) is 66.5 Å². The van der Waals surface area contributed by atoms with Crippen LogP contribution in [0.1, 0.15) is 21.5 Å². The van der Waals surface area contributed by atoms with E-state index in [1.807, 2.05) is 18.2 Å². The number of carbonyl (C=O) groups is 1. The van der Waals surface area contributed by atoms with Gasteiger partial charge in [-0.2, -0.15) is 0 Å². The Bertz CT molecular complexity index is 974. The van der Waals surface area contributed by atoms with Gasteiger partial charge in [-0.3, -0.25) is 0 Å². The van der Waals surface area contributed by atoms with Gasteiger partial charge in [-0.1, -0.05) is 24.3 Å². The zero-order valence-electron chi connectivity index (χ0n) is 13.0. The molecule has 2 aromatic rings. The molecule has 5 nitrogen and oxygen atoms in total. The molecule has 1 spiro atoms. The number of carbonyl (C=O) groups excluding carboxylic acids is 1. The average molecular weight is 334 g/mol. The smallest absolute Gasteiger partial charge is 0.339 e. The summed E-state index contributed by atoms with van der Waals surface area (Å²) in [5.74, 6) is -0.122. The van der Waals surface area contributed by atoms with Crippen LogP contribution < -0.4 is 4.74 Å². The van der Waals surface area contributed by atoms with Crippen LogP contribution in [0, 0.1) is 5.92 Å². The summed E-state index contributed by atoms with van der Waals surface area (Å²) >= 11 is 0. The number of hydrogen-bond donors (Lipinski definition) is 2. The van der Waals surface area contributed by atoms with E-state index in [2.05, 4.69) is 0 Å². The van der Waals surface area contributed by atoms with Gasteiger partial charge >= 0.3 is 5.97 Å². The Hall–Kier alpha value is -3.21. The third-order valence-electron chi connectivity index (χ3n) is 5.06. The van der Waals surface area contributed by atoms with Crippen molar-refractivity contribution < 1.29 is 24.5 Å². The Kier molecular flexibility index (Phi) is 2.64. The molecule has 1 aliphatic carbocycles. The van der Waals surface area contributed by atoms with Gasteiger partial charge in [0.25, 0.3) is 0 Å². The molecule has 0 saturated heterocycles. The second-order valence-corrected chi connectivity index (χ2v) is 6.41. The number of ether oxygens (including phenoxy) is 2. The van der Waals surface area contributed by atoms with E-state index in [4.69, 9.17) is 9.47 Å². The zero-order chi connectivity index (χ0) is 17.2. The molecule has 2 N–H and O–H groups in total. The van der Waals surface area contributed by atoms with Gasteiger partial charge in [0.2, 0.25) is 0 Å². The summed E-state index contributed by atoms with van der Waals surface area (Å²) in [7, 11) is 0. The number of esters is 1. The first-order valence-corrected chi connectivity index (χ1v) is 8.01. The van der Waals surface area contributed by atoms with E-state index in [-0.39, 0.29) is 23.4 Å². The summed E-state index contributed by atoms with van der Waals surface area (Å²) in [5, 5.41) is 19.7. The van der Waals surface area contributed by atoms with Gasteiger partial charge < -0.3 is 19.7 Å². The number of phenols is 1. The molecule has 0 bridgehead atoms. The van der Waals surface area contributed by atoms with Crippen molar-refractivity contribution in [2.45, 2.75) is 11.7 Å². The molecule has 0 radical (unpaired) electrons. The SMILES string of the molecule is O=C1O[C@]2(c3ccc(O)cc3O[C@@H]3C=C(O)C=C[C@H]32)c2ccccc21. The predicted molar refractivity (Wildman–Crippen MR) is 88.5 cm³/mol. The number of rotatable bonds is 0. The Morgan fingerprint density at radius 2 is 1.88 bits per heavy atom. The summed E-state index contributed by atoms with van der Waals surface area (Å²) in [4.78, 5) is 12.6. The lowest BCUT2D eigenvalue weighted by Crippen LogP contribution is -2.48. The largest absolute Gasteiger partial charge is 0.508 e. The fourth-order valence-corrected chi connectivity index (χ4v) is 4.04. The van der Waals surface area contributed by atoms with Gasteiger partial charge in [0, 0.05) is 17.2 Å². The van der Waals surface area contributed by atoms with Crippen molar-refractivity contribution in [2.75, 3.05) is 0 Å². The molecule has 0 aromatic heterocycles. The number of fused-ring (bicyclic) bond motifs is 6. The third-order valence-corrected chi connectivity index (χ3v) is 5.06. The molecule has 0 fully saturated rings. The molecule has 2 heterocycles. The number of aliphatic hydroxyl groups is 1. The number of benzene rings is 2. The second-order valence-electron chi connectivity index (χ2n) is 6.41. The van der Waals surface area contributed by atoms with E-state index >= 15 is 0 Å². The lowest BCUT2D eigenvalue weighted by molar-refractivity contribution is -0.0424. The van der Waals surface area contributed by atoms with E-state index in [1.54, 1.807) is 36.4 Å². The van der Waals surface area contributed by atoms with Crippen molar-refractivity contribution in [1.82, 2.24) is 0 Å². The summed E-state index contributed by atoms with van der Waals surface area (Å²) in [5.41, 5.74) is 0.927. The molecule has 0 amide bonds. The fraction of sp³-hybridized carbons (Fsp3) is 0.150. The van der Waals surface area contributed by atoms with Gasteiger partial charge in [-0.15, -0.1) is 0 Å².